The molecule has 4 fully saturated rings. The van der Waals surface area contributed by atoms with Gasteiger partial charge in [-0.1, -0.05) is 36.8 Å². The van der Waals surface area contributed by atoms with Crippen LogP contribution in [-0.4, -0.2) is 54.8 Å². The van der Waals surface area contributed by atoms with Crippen molar-refractivity contribution in [3.8, 4) is 0 Å². The van der Waals surface area contributed by atoms with Gasteiger partial charge in [0.05, 0.1) is 25.4 Å². The Morgan fingerprint density at radius 3 is 2.37 bits per heavy atom. The molecule has 1 saturated carbocycles. The van der Waals surface area contributed by atoms with Gasteiger partial charge in [0.1, 0.15) is 0 Å². The Labute approximate surface area is 249 Å². The van der Waals surface area contributed by atoms with Crippen LogP contribution in [0.1, 0.15) is 83.5 Å². The van der Waals surface area contributed by atoms with E-state index in [1.807, 2.05) is 11.8 Å². The fourth-order valence-corrected chi connectivity index (χ4v) is 7.27. The van der Waals surface area contributed by atoms with Crippen molar-refractivity contribution < 1.29 is 33.6 Å². The van der Waals surface area contributed by atoms with Gasteiger partial charge >= 0.3 is 5.97 Å². The maximum absolute atomic E-state index is 12.3. The first kappa shape index (κ1) is 30.5. The number of benzene rings is 1. The number of hydrogen-bond acceptors (Lipinski definition) is 7. The summed E-state index contributed by atoms with van der Waals surface area (Å²) in [5.74, 6) is 1.26. The van der Waals surface area contributed by atoms with Crippen molar-refractivity contribution in [2.75, 3.05) is 19.0 Å². The molecule has 8 heteroatoms. The number of thioether (sulfide) groups is 1. The summed E-state index contributed by atoms with van der Waals surface area (Å²) in [4.78, 5) is 13.7. The molecule has 41 heavy (non-hydrogen) atoms. The minimum absolute atomic E-state index is 0.0813. The average molecular weight is 587 g/mol. The summed E-state index contributed by atoms with van der Waals surface area (Å²) in [5.41, 5.74) is 1.34. The van der Waals surface area contributed by atoms with Crippen molar-refractivity contribution in [2.45, 2.75) is 113 Å². The molecule has 1 aromatic rings. The minimum atomic E-state index is -1.14. The molecule has 1 aromatic carbocycles. The zero-order chi connectivity index (χ0) is 28.4. The van der Waals surface area contributed by atoms with E-state index in [4.69, 9.17) is 23.7 Å². The fraction of sp³-hybridized carbons (Fsp3) is 0.667. The maximum Gasteiger partial charge on any atom is 0.374 e. The molecule has 3 heterocycles. The first-order valence-corrected chi connectivity index (χ1v) is 16.6. The van der Waals surface area contributed by atoms with Gasteiger partial charge in [-0.2, -0.15) is 0 Å². The standard InChI is InChI=1S/C33H46O7S/c1-23-16-17-24(11-7-10-20-41-25-12-3-2-4-13-25)26(23)21-27-28(38-27)22-29(39-30-14-5-8-18-36-30)32(33(34)35)40-31-15-6-9-19-37-31/h2-4,12-13,24,26-28,30-31H,1,5-11,14-22H2,(H,34,35)/t24-,26-,27+,28?,30?,31?/m0/s1. The van der Waals surface area contributed by atoms with Crippen LogP contribution in [0.25, 0.3) is 0 Å². The number of hydrogen-bond donors (Lipinski definition) is 1. The van der Waals surface area contributed by atoms with E-state index in [1.54, 1.807) is 0 Å². The lowest BCUT2D eigenvalue weighted by Crippen LogP contribution is -2.28. The van der Waals surface area contributed by atoms with Crippen LogP contribution in [0, 0.1) is 11.8 Å². The monoisotopic (exact) mass is 586 g/mol. The highest BCUT2D eigenvalue weighted by Crippen LogP contribution is 2.46. The first-order chi connectivity index (χ1) is 20.1. The Hall–Kier alpha value is -2.00. The number of unbranched alkanes of at least 4 members (excludes halogenated alkanes) is 1. The van der Waals surface area contributed by atoms with Crippen molar-refractivity contribution in [3.05, 3.63) is 54.0 Å². The lowest BCUT2D eigenvalue weighted by Gasteiger charge is -2.27. The molecule has 3 saturated heterocycles. The molecule has 5 rings (SSSR count). The molecule has 0 spiro atoms. The Bertz CT molecular complexity index is 1020. The largest absolute Gasteiger partial charge is 0.475 e. The van der Waals surface area contributed by atoms with Gasteiger partial charge in [0.25, 0.3) is 0 Å². The van der Waals surface area contributed by atoms with E-state index in [2.05, 4.69) is 36.9 Å². The molecule has 0 radical (unpaired) electrons. The van der Waals surface area contributed by atoms with Crippen molar-refractivity contribution in [1.82, 2.24) is 0 Å². The smallest absolute Gasteiger partial charge is 0.374 e. The normalized spacial score (nSPS) is 30.5. The Kier molecular flexibility index (Phi) is 11.5. The number of aliphatic carboxylic acids is 1. The van der Waals surface area contributed by atoms with E-state index < -0.39 is 18.5 Å². The van der Waals surface area contributed by atoms with Crippen LogP contribution in [-0.2, 0) is 28.5 Å². The molecule has 226 valence electrons. The second-order valence-electron chi connectivity index (χ2n) is 11.8. The number of rotatable bonds is 15. The second-order valence-corrected chi connectivity index (χ2v) is 12.9. The molecule has 6 atom stereocenters. The molecule has 0 aromatic heterocycles. The first-order valence-electron chi connectivity index (χ1n) is 15.6. The summed E-state index contributed by atoms with van der Waals surface area (Å²) < 4.78 is 29.6. The number of epoxide rings is 1. The second kappa shape index (κ2) is 15.5. The van der Waals surface area contributed by atoms with E-state index in [1.165, 1.54) is 36.2 Å². The molecular formula is C33H46O7S. The van der Waals surface area contributed by atoms with Gasteiger partial charge in [0, 0.05) is 24.2 Å². The van der Waals surface area contributed by atoms with Crippen LogP contribution >= 0.6 is 11.8 Å². The molecule has 1 aliphatic carbocycles. The Morgan fingerprint density at radius 1 is 0.951 bits per heavy atom. The highest BCUT2D eigenvalue weighted by Gasteiger charge is 2.45. The topological polar surface area (TPSA) is 86.8 Å². The lowest BCUT2D eigenvalue weighted by atomic mass is 9.85. The molecule has 1 N–H and O–H groups in total. The molecule has 3 aliphatic heterocycles. The third kappa shape index (κ3) is 9.24. The predicted octanol–water partition coefficient (Wildman–Crippen LogP) is 7.46. The Morgan fingerprint density at radius 2 is 1.68 bits per heavy atom. The molecule has 0 bridgehead atoms. The number of carboxylic acids is 1. The fourth-order valence-electron chi connectivity index (χ4n) is 6.34. The summed E-state index contributed by atoms with van der Waals surface area (Å²) in [5, 5.41) is 10.1. The van der Waals surface area contributed by atoms with Crippen LogP contribution in [0.3, 0.4) is 0 Å². The summed E-state index contributed by atoms with van der Waals surface area (Å²) in [6.45, 7) is 5.60. The van der Waals surface area contributed by atoms with Crippen LogP contribution in [0.5, 0.6) is 0 Å². The predicted molar refractivity (Wildman–Crippen MR) is 158 cm³/mol. The maximum atomic E-state index is 12.3. The van der Waals surface area contributed by atoms with Crippen LogP contribution < -0.4 is 0 Å². The third-order valence-electron chi connectivity index (χ3n) is 8.72. The van der Waals surface area contributed by atoms with Gasteiger partial charge in [-0.05, 0) is 87.5 Å². The zero-order valence-corrected chi connectivity index (χ0v) is 25.0. The quantitative estimate of drug-likeness (QED) is 0.0566. The molecule has 3 unspecified atom stereocenters. The van der Waals surface area contributed by atoms with E-state index in [0.29, 0.717) is 43.7 Å². The van der Waals surface area contributed by atoms with E-state index in [0.717, 1.165) is 50.7 Å². The van der Waals surface area contributed by atoms with Crippen molar-refractivity contribution >= 4 is 17.7 Å². The highest BCUT2D eigenvalue weighted by molar-refractivity contribution is 7.99. The van der Waals surface area contributed by atoms with Crippen molar-refractivity contribution in [2.24, 2.45) is 11.8 Å². The van der Waals surface area contributed by atoms with E-state index in [-0.39, 0.29) is 18.0 Å². The average Bonchev–Trinajstić information content (AvgIpc) is 3.64. The molecule has 7 nitrogen and oxygen atoms in total. The van der Waals surface area contributed by atoms with Gasteiger partial charge in [-0.15, -0.1) is 11.8 Å². The molecule has 0 amide bonds. The van der Waals surface area contributed by atoms with Crippen LogP contribution in [0.15, 0.2) is 58.9 Å². The van der Waals surface area contributed by atoms with E-state index in [9.17, 15) is 9.90 Å². The lowest BCUT2D eigenvalue weighted by molar-refractivity contribution is -0.170. The van der Waals surface area contributed by atoms with Gasteiger partial charge in [0.2, 0.25) is 5.76 Å². The SMILES string of the molecule is C=C1CC[C@H](CCCCSc2ccccc2)[C@H]1C[C@H]1OC1CC(OC1CCCCO1)=C(OC1CCCCO1)C(=O)O. The van der Waals surface area contributed by atoms with Gasteiger partial charge in [-0.3, -0.25) is 0 Å². The summed E-state index contributed by atoms with van der Waals surface area (Å²) in [6.07, 6.45) is 11.5. The summed E-state index contributed by atoms with van der Waals surface area (Å²) in [7, 11) is 0. The summed E-state index contributed by atoms with van der Waals surface area (Å²) in [6, 6.07) is 10.6. The van der Waals surface area contributed by atoms with Gasteiger partial charge < -0.3 is 28.8 Å². The zero-order valence-electron chi connectivity index (χ0n) is 24.2. The van der Waals surface area contributed by atoms with E-state index >= 15 is 0 Å². The summed E-state index contributed by atoms with van der Waals surface area (Å²) >= 11 is 1.94. The van der Waals surface area contributed by atoms with Gasteiger partial charge in [-0.25, -0.2) is 4.79 Å². The minimum Gasteiger partial charge on any atom is -0.475 e. The molecular weight excluding hydrogens is 540 g/mol. The highest BCUT2D eigenvalue weighted by atomic mass is 32.2. The van der Waals surface area contributed by atoms with Crippen molar-refractivity contribution in [3.63, 3.8) is 0 Å². The number of carbonyl (C=O) groups is 1. The number of carboxylic acid groups (broad SMARTS) is 1. The Balaban J connectivity index is 1.14. The number of ether oxygens (including phenoxy) is 5. The van der Waals surface area contributed by atoms with Crippen molar-refractivity contribution in [1.29, 1.82) is 0 Å². The third-order valence-corrected chi connectivity index (χ3v) is 9.82. The van der Waals surface area contributed by atoms with Crippen LogP contribution in [0.4, 0.5) is 0 Å². The molecule has 4 aliphatic rings. The number of allylic oxidation sites excluding steroid dienone is 1. The van der Waals surface area contributed by atoms with Gasteiger partial charge in [0.15, 0.2) is 18.3 Å². The van der Waals surface area contributed by atoms with Crippen LogP contribution in [0.2, 0.25) is 0 Å².